The number of nitrogens with zero attached hydrogens (tertiary/aromatic N) is 1. The second-order valence-corrected chi connectivity index (χ2v) is 18.8. The van der Waals surface area contributed by atoms with Gasteiger partial charge in [0.25, 0.3) is 0 Å². The normalized spacial score (nSPS) is 12.7. The summed E-state index contributed by atoms with van der Waals surface area (Å²) in [5.41, 5.74) is 22.3. The molecule has 11 aromatic carbocycles. The summed E-state index contributed by atoms with van der Waals surface area (Å²) in [6, 6.07) is 90.4. The number of anilines is 3. The summed E-state index contributed by atoms with van der Waals surface area (Å²) in [4.78, 5) is 2.40. The molecule has 1 aliphatic heterocycles. The summed E-state index contributed by atoms with van der Waals surface area (Å²) < 4.78 is 7.12. The van der Waals surface area contributed by atoms with E-state index in [4.69, 9.17) is 4.74 Å². The molecule has 2 nitrogen and oxygen atoms in total. The molecule has 0 fully saturated rings. The van der Waals surface area contributed by atoms with Crippen molar-refractivity contribution in [2.75, 3.05) is 4.90 Å². The molecule has 326 valence electrons. The molecule has 69 heavy (non-hydrogen) atoms. The van der Waals surface area contributed by atoms with E-state index in [0.717, 1.165) is 73.1 Å². The highest BCUT2D eigenvalue weighted by Crippen LogP contribution is 2.54. The number of para-hydroxylation sites is 1. The molecule has 0 aromatic heterocycles. The molecule has 0 saturated heterocycles. The fourth-order valence-corrected chi connectivity index (χ4v) is 11.0. The minimum atomic E-state index is -0.110. The van der Waals surface area contributed by atoms with Crippen LogP contribution in [0.5, 0.6) is 11.5 Å². The van der Waals surface area contributed by atoms with Gasteiger partial charge in [0.15, 0.2) is 0 Å². The molecule has 0 bridgehead atoms. The summed E-state index contributed by atoms with van der Waals surface area (Å²) >= 11 is 0. The van der Waals surface area contributed by atoms with E-state index in [2.05, 4.69) is 267 Å². The minimum Gasteiger partial charge on any atom is -0.455 e. The summed E-state index contributed by atoms with van der Waals surface area (Å²) in [6.07, 6.45) is 0. The van der Waals surface area contributed by atoms with Gasteiger partial charge in [-0.2, -0.15) is 0 Å². The number of hydrogen-bond donors (Lipinski definition) is 0. The lowest BCUT2D eigenvalue weighted by Crippen LogP contribution is -2.16. The van der Waals surface area contributed by atoms with E-state index in [9.17, 15) is 0 Å². The van der Waals surface area contributed by atoms with Crippen LogP contribution in [0.15, 0.2) is 249 Å². The molecule has 2 aliphatic rings. The monoisotopic (exact) mass is 881 g/mol. The van der Waals surface area contributed by atoms with Crippen molar-refractivity contribution in [3.63, 3.8) is 0 Å². The molecule has 0 N–H and O–H groups in total. The van der Waals surface area contributed by atoms with Crippen molar-refractivity contribution < 1.29 is 4.74 Å². The van der Waals surface area contributed by atoms with Crippen LogP contribution in [-0.4, -0.2) is 0 Å². The SMILES string of the molecule is CC1(C)c2ccccc2-c2ccc(N(c3ccc(-c4ccccc4)cc3)c3ccc(-c4ccc(-c5cccc6c5-c5cc7ccccc7cc5-c5cccc(-c7ccccc7)c5O6)cc4)cc3)cc21. The highest BCUT2D eigenvalue weighted by molar-refractivity contribution is 6.04. The third-order valence-corrected chi connectivity index (χ3v) is 14.5. The Balaban J connectivity index is 0.872. The Morgan fingerprint density at radius 3 is 1.45 bits per heavy atom. The lowest BCUT2D eigenvalue weighted by molar-refractivity contribution is 0.489. The van der Waals surface area contributed by atoms with Crippen molar-refractivity contribution in [3.05, 3.63) is 260 Å². The van der Waals surface area contributed by atoms with E-state index in [1.54, 1.807) is 0 Å². The van der Waals surface area contributed by atoms with Gasteiger partial charge in [0, 0.05) is 39.2 Å². The zero-order valence-electron chi connectivity index (χ0n) is 38.5. The van der Waals surface area contributed by atoms with E-state index < -0.39 is 0 Å². The average Bonchev–Trinajstić information content (AvgIpc) is 3.54. The molecule has 0 saturated carbocycles. The van der Waals surface area contributed by atoms with Crippen molar-refractivity contribution in [1.82, 2.24) is 0 Å². The van der Waals surface area contributed by atoms with Gasteiger partial charge in [0.1, 0.15) is 11.5 Å². The van der Waals surface area contributed by atoms with Gasteiger partial charge in [0.2, 0.25) is 0 Å². The Kier molecular flexibility index (Phi) is 9.55. The summed E-state index contributed by atoms with van der Waals surface area (Å²) in [5.74, 6) is 1.73. The van der Waals surface area contributed by atoms with Crippen molar-refractivity contribution in [2.45, 2.75) is 19.3 Å². The molecular weight excluding hydrogens is 835 g/mol. The van der Waals surface area contributed by atoms with Crippen molar-refractivity contribution in [1.29, 1.82) is 0 Å². The van der Waals surface area contributed by atoms with Gasteiger partial charge < -0.3 is 9.64 Å². The molecule has 0 spiro atoms. The Bertz CT molecular complexity index is 3740. The molecule has 0 atom stereocenters. The van der Waals surface area contributed by atoms with E-state index in [1.165, 1.54) is 55.3 Å². The maximum atomic E-state index is 7.12. The van der Waals surface area contributed by atoms with Crippen molar-refractivity contribution >= 4 is 27.8 Å². The maximum Gasteiger partial charge on any atom is 0.143 e. The molecule has 1 aliphatic carbocycles. The van der Waals surface area contributed by atoms with Crippen LogP contribution >= 0.6 is 0 Å². The number of hydrogen-bond acceptors (Lipinski definition) is 2. The first-order valence-electron chi connectivity index (χ1n) is 23.9. The fraction of sp³-hybridized carbons (Fsp3) is 0.0448. The Hall–Kier alpha value is -8.72. The van der Waals surface area contributed by atoms with E-state index in [-0.39, 0.29) is 5.41 Å². The molecular formula is C67H47NO. The van der Waals surface area contributed by atoms with Gasteiger partial charge in [-0.1, -0.05) is 208 Å². The Morgan fingerprint density at radius 2 is 0.768 bits per heavy atom. The Labute approximate surface area is 404 Å². The van der Waals surface area contributed by atoms with Crippen LogP contribution in [0.3, 0.4) is 0 Å². The molecule has 2 heteroatoms. The second kappa shape index (κ2) is 16.3. The molecule has 1 heterocycles. The molecule has 11 aromatic rings. The largest absolute Gasteiger partial charge is 0.455 e. The standard InChI is InChI=1S/C67H47NO/c1-67(2)62-25-12-11-21-57(62)58-40-39-54(43-63(58)67)68(52-35-31-46(32-36-52)44-15-5-3-6-16-44)53-37-33-47(34-38-53)45-27-29-49(30-28-45)55-22-14-26-64-65(55)61-42-51-20-10-9-19-50(51)41-60(61)59-24-13-23-56(66(59)69-64)48-17-7-4-8-18-48/h3-43H,1-2H3. The first kappa shape index (κ1) is 40.5. The summed E-state index contributed by atoms with van der Waals surface area (Å²) in [5, 5.41) is 2.40. The first-order valence-corrected chi connectivity index (χ1v) is 23.9. The van der Waals surface area contributed by atoms with Crippen LogP contribution in [0.1, 0.15) is 25.0 Å². The maximum absolute atomic E-state index is 7.12. The average molecular weight is 882 g/mol. The third-order valence-electron chi connectivity index (χ3n) is 14.5. The van der Waals surface area contributed by atoms with Gasteiger partial charge in [-0.25, -0.2) is 0 Å². The van der Waals surface area contributed by atoms with Crippen LogP contribution in [0.25, 0.3) is 88.7 Å². The van der Waals surface area contributed by atoms with E-state index in [0.29, 0.717) is 0 Å². The summed E-state index contributed by atoms with van der Waals surface area (Å²) in [7, 11) is 0. The van der Waals surface area contributed by atoms with Crippen LogP contribution in [-0.2, 0) is 5.41 Å². The van der Waals surface area contributed by atoms with Crippen molar-refractivity contribution in [3.8, 4) is 89.4 Å². The van der Waals surface area contributed by atoms with Crippen LogP contribution < -0.4 is 9.64 Å². The Morgan fingerprint density at radius 1 is 0.304 bits per heavy atom. The number of fused-ring (bicyclic) bond motifs is 9. The lowest BCUT2D eigenvalue weighted by Gasteiger charge is -2.28. The third kappa shape index (κ3) is 6.87. The predicted octanol–water partition coefficient (Wildman–Crippen LogP) is 18.7. The van der Waals surface area contributed by atoms with Crippen LogP contribution in [0, 0.1) is 0 Å². The van der Waals surface area contributed by atoms with Crippen molar-refractivity contribution in [2.24, 2.45) is 0 Å². The first-order chi connectivity index (χ1) is 34.0. The van der Waals surface area contributed by atoms with Gasteiger partial charge in [0.05, 0.1) is 0 Å². The molecule has 13 rings (SSSR count). The summed E-state index contributed by atoms with van der Waals surface area (Å²) in [6.45, 7) is 4.70. The fourth-order valence-electron chi connectivity index (χ4n) is 11.0. The molecule has 0 amide bonds. The predicted molar refractivity (Wildman–Crippen MR) is 289 cm³/mol. The smallest absolute Gasteiger partial charge is 0.143 e. The number of rotatable bonds is 7. The molecule has 0 unspecified atom stereocenters. The van der Waals surface area contributed by atoms with Gasteiger partial charge >= 0.3 is 0 Å². The van der Waals surface area contributed by atoms with Gasteiger partial charge in [-0.15, -0.1) is 0 Å². The topological polar surface area (TPSA) is 12.5 Å². The zero-order valence-corrected chi connectivity index (χ0v) is 38.5. The van der Waals surface area contributed by atoms with E-state index in [1.807, 2.05) is 0 Å². The van der Waals surface area contributed by atoms with Crippen LogP contribution in [0.2, 0.25) is 0 Å². The number of ether oxygens (including phenoxy) is 1. The van der Waals surface area contributed by atoms with E-state index >= 15 is 0 Å². The minimum absolute atomic E-state index is 0.110. The number of benzene rings is 11. The highest BCUT2D eigenvalue weighted by Gasteiger charge is 2.36. The lowest BCUT2D eigenvalue weighted by atomic mass is 9.82. The van der Waals surface area contributed by atoms with Gasteiger partial charge in [-0.3, -0.25) is 0 Å². The highest BCUT2D eigenvalue weighted by atomic mass is 16.5. The zero-order chi connectivity index (χ0) is 46.1. The van der Waals surface area contributed by atoms with Crippen LogP contribution in [0.4, 0.5) is 17.1 Å². The quantitative estimate of drug-likeness (QED) is 0.158. The molecule has 0 radical (unpaired) electrons. The second-order valence-electron chi connectivity index (χ2n) is 18.8. The van der Waals surface area contributed by atoms with Gasteiger partial charge in [-0.05, 0) is 138 Å².